The predicted molar refractivity (Wildman–Crippen MR) is 93.9 cm³/mol. The van der Waals surface area contributed by atoms with Crippen molar-refractivity contribution in [1.82, 2.24) is 25.1 Å². The molecule has 3 aromatic heterocycles. The molecule has 0 radical (unpaired) electrons. The Hall–Kier alpha value is -2.74. The van der Waals surface area contributed by atoms with E-state index in [1.165, 1.54) is 11.3 Å². The number of urea groups is 1. The smallest absolute Gasteiger partial charge is 0.321 e. The number of aromatic nitrogens is 4. The van der Waals surface area contributed by atoms with Crippen LogP contribution in [-0.2, 0) is 13.6 Å². The number of hydrogen-bond acceptors (Lipinski definition) is 5. The highest BCUT2D eigenvalue weighted by Gasteiger charge is 2.11. The number of rotatable bonds is 4. The van der Waals surface area contributed by atoms with Gasteiger partial charge in [-0.3, -0.25) is 15.0 Å². The van der Waals surface area contributed by atoms with Crippen LogP contribution >= 0.6 is 11.3 Å². The van der Waals surface area contributed by atoms with Crippen molar-refractivity contribution >= 4 is 22.5 Å². The number of amides is 2. The van der Waals surface area contributed by atoms with Crippen molar-refractivity contribution in [1.29, 1.82) is 0 Å². The van der Waals surface area contributed by atoms with Gasteiger partial charge in [0.05, 0.1) is 17.6 Å². The molecule has 24 heavy (non-hydrogen) atoms. The van der Waals surface area contributed by atoms with Gasteiger partial charge in [0.2, 0.25) is 0 Å². The van der Waals surface area contributed by atoms with E-state index in [1.54, 1.807) is 17.1 Å². The SMILES string of the molecule is Cc1nc(NC(=O)NCc2cccnc2-c2cnn(C)c2)sc1C. The summed E-state index contributed by atoms with van der Waals surface area (Å²) < 4.78 is 1.72. The molecule has 3 heterocycles. The van der Waals surface area contributed by atoms with Crippen molar-refractivity contribution in [3.8, 4) is 11.3 Å². The zero-order chi connectivity index (χ0) is 17.1. The average molecular weight is 342 g/mol. The Labute approximate surface area is 143 Å². The maximum Gasteiger partial charge on any atom is 0.321 e. The van der Waals surface area contributed by atoms with Crippen LogP contribution < -0.4 is 10.6 Å². The fraction of sp³-hybridized carbons (Fsp3) is 0.250. The molecular weight excluding hydrogens is 324 g/mol. The minimum atomic E-state index is -0.287. The molecule has 0 spiro atoms. The lowest BCUT2D eigenvalue weighted by molar-refractivity contribution is 0.251. The zero-order valence-electron chi connectivity index (χ0n) is 13.7. The van der Waals surface area contributed by atoms with Gasteiger partial charge >= 0.3 is 6.03 Å². The lowest BCUT2D eigenvalue weighted by Crippen LogP contribution is -2.28. The van der Waals surface area contributed by atoms with Crippen molar-refractivity contribution in [2.75, 3.05) is 5.32 Å². The van der Waals surface area contributed by atoms with Gasteiger partial charge in [-0.15, -0.1) is 11.3 Å². The molecule has 8 heteroatoms. The van der Waals surface area contributed by atoms with Crippen LogP contribution in [-0.4, -0.2) is 25.8 Å². The van der Waals surface area contributed by atoms with Crippen LogP contribution in [0.2, 0.25) is 0 Å². The summed E-state index contributed by atoms with van der Waals surface area (Å²) in [5.74, 6) is 0. The standard InChI is InChI=1S/C16H18N6OS/c1-10-11(2)24-16(20-10)21-15(23)18-7-12-5-4-6-17-14(12)13-8-19-22(3)9-13/h4-6,8-9H,7H2,1-3H3,(H2,18,20,21,23). The van der Waals surface area contributed by atoms with E-state index in [9.17, 15) is 4.79 Å². The number of carbonyl (C=O) groups excluding carboxylic acids is 1. The van der Waals surface area contributed by atoms with Crippen LogP contribution in [0.25, 0.3) is 11.3 Å². The largest absolute Gasteiger partial charge is 0.334 e. The predicted octanol–water partition coefficient (Wildman–Crippen LogP) is 2.88. The summed E-state index contributed by atoms with van der Waals surface area (Å²) in [4.78, 5) is 21.9. The topological polar surface area (TPSA) is 84.7 Å². The van der Waals surface area contributed by atoms with Crippen molar-refractivity contribution in [2.45, 2.75) is 20.4 Å². The summed E-state index contributed by atoms with van der Waals surface area (Å²) in [6.07, 6.45) is 5.38. The van der Waals surface area contributed by atoms with Crippen molar-refractivity contribution in [3.63, 3.8) is 0 Å². The molecule has 2 amide bonds. The summed E-state index contributed by atoms with van der Waals surface area (Å²) in [5, 5.41) is 10.4. The van der Waals surface area contributed by atoms with Gasteiger partial charge in [0.25, 0.3) is 0 Å². The van der Waals surface area contributed by atoms with Gasteiger partial charge in [0, 0.05) is 36.4 Å². The molecule has 3 rings (SSSR count). The van der Waals surface area contributed by atoms with E-state index < -0.39 is 0 Å². The second-order valence-electron chi connectivity index (χ2n) is 5.38. The Kier molecular flexibility index (Phi) is 4.57. The first-order valence-corrected chi connectivity index (χ1v) is 8.26. The van der Waals surface area contributed by atoms with Crippen molar-refractivity contribution < 1.29 is 4.79 Å². The summed E-state index contributed by atoms with van der Waals surface area (Å²) in [6.45, 7) is 4.27. The van der Waals surface area contributed by atoms with Crippen LogP contribution in [0.5, 0.6) is 0 Å². The molecule has 124 valence electrons. The second kappa shape index (κ2) is 6.79. The van der Waals surface area contributed by atoms with E-state index in [2.05, 4.69) is 25.7 Å². The van der Waals surface area contributed by atoms with E-state index >= 15 is 0 Å². The Morgan fingerprint density at radius 1 is 1.38 bits per heavy atom. The zero-order valence-corrected chi connectivity index (χ0v) is 14.5. The first kappa shape index (κ1) is 16.1. The van der Waals surface area contributed by atoms with Gasteiger partial charge in [-0.05, 0) is 25.5 Å². The van der Waals surface area contributed by atoms with Gasteiger partial charge in [-0.1, -0.05) is 6.07 Å². The third-order valence-electron chi connectivity index (χ3n) is 3.56. The Morgan fingerprint density at radius 3 is 2.88 bits per heavy atom. The van der Waals surface area contributed by atoms with E-state index in [4.69, 9.17) is 0 Å². The van der Waals surface area contributed by atoms with Crippen molar-refractivity contribution in [2.24, 2.45) is 7.05 Å². The number of nitrogens with one attached hydrogen (secondary N) is 2. The van der Waals surface area contributed by atoms with E-state index in [-0.39, 0.29) is 6.03 Å². The first-order valence-electron chi connectivity index (χ1n) is 7.44. The fourth-order valence-corrected chi connectivity index (χ4v) is 3.04. The molecule has 0 aromatic carbocycles. The Morgan fingerprint density at radius 2 is 2.21 bits per heavy atom. The fourth-order valence-electron chi connectivity index (χ4n) is 2.23. The highest BCUT2D eigenvalue weighted by atomic mass is 32.1. The molecule has 3 aromatic rings. The summed E-state index contributed by atoms with van der Waals surface area (Å²) in [6, 6.07) is 3.50. The molecular formula is C16H18N6OS. The second-order valence-corrected chi connectivity index (χ2v) is 6.59. The maximum absolute atomic E-state index is 12.1. The molecule has 0 bridgehead atoms. The third-order valence-corrected chi connectivity index (χ3v) is 4.55. The summed E-state index contributed by atoms with van der Waals surface area (Å²) in [5.41, 5.74) is 3.59. The Bertz CT molecular complexity index is 850. The van der Waals surface area contributed by atoms with Gasteiger partial charge in [0.1, 0.15) is 0 Å². The summed E-state index contributed by atoms with van der Waals surface area (Å²) >= 11 is 1.46. The van der Waals surface area contributed by atoms with E-state index in [0.29, 0.717) is 11.7 Å². The normalized spacial score (nSPS) is 10.6. The molecule has 0 saturated heterocycles. The first-order chi connectivity index (χ1) is 11.5. The molecule has 7 nitrogen and oxygen atoms in total. The van der Waals surface area contributed by atoms with E-state index in [1.807, 2.05) is 39.2 Å². The monoisotopic (exact) mass is 342 g/mol. The molecule has 0 aliphatic heterocycles. The Balaban J connectivity index is 1.67. The number of aryl methyl sites for hydroxylation is 3. The maximum atomic E-state index is 12.1. The van der Waals surface area contributed by atoms with Crippen LogP contribution in [0.3, 0.4) is 0 Å². The van der Waals surface area contributed by atoms with E-state index in [0.717, 1.165) is 27.4 Å². The quantitative estimate of drug-likeness (QED) is 0.763. The molecule has 0 unspecified atom stereocenters. The van der Waals surface area contributed by atoms with Gasteiger partial charge in [0.15, 0.2) is 5.13 Å². The number of carbonyl (C=O) groups is 1. The highest BCUT2D eigenvalue weighted by Crippen LogP contribution is 2.22. The van der Waals surface area contributed by atoms with Gasteiger partial charge in [-0.25, -0.2) is 9.78 Å². The minimum Gasteiger partial charge on any atom is -0.334 e. The minimum absolute atomic E-state index is 0.287. The molecule has 0 aliphatic rings. The number of anilines is 1. The lowest BCUT2D eigenvalue weighted by Gasteiger charge is -2.08. The number of pyridine rings is 1. The van der Waals surface area contributed by atoms with Crippen LogP contribution in [0.1, 0.15) is 16.1 Å². The molecule has 0 saturated carbocycles. The third kappa shape index (κ3) is 3.60. The molecule has 2 N–H and O–H groups in total. The number of nitrogens with zero attached hydrogens (tertiary/aromatic N) is 4. The van der Waals surface area contributed by atoms with Crippen LogP contribution in [0, 0.1) is 13.8 Å². The average Bonchev–Trinajstić information content (AvgIpc) is 3.11. The van der Waals surface area contributed by atoms with Crippen molar-refractivity contribution in [3.05, 3.63) is 46.9 Å². The number of hydrogen-bond donors (Lipinski definition) is 2. The highest BCUT2D eigenvalue weighted by molar-refractivity contribution is 7.15. The molecule has 0 aliphatic carbocycles. The van der Waals surface area contributed by atoms with Crippen LogP contribution in [0.4, 0.5) is 9.93 Å². The van der Waals surface area contributed by atoms with Gasteiger partial charge < -0.3 is 5.32 Å². The number of thiazole rings is 1. The molecule has 0 fully saturated rings. The molecule has 0 atom stereocenters. The van der Waals surface area contributed by atoms with Gasteiger partial charge in [-0.2, -0.15) is 5.10 Å². The van der Waals surface area contributed by atoms with Crippen LogP contribution in [0.15, 0.2) is 30.7 Å². The summed E-state index contributed by atoms with van der Waals surface area (Å²) in [7, 11) is 1.86. The lowest BCUT2D eigenvalue weighted by atomic mass is 10.1.